The molecule has 0 bridgehead atoms. The Kier molecular flexibility index (Phi) is 5.92. The van der Waals surface area contributed by atoms with Gasteiger partial charge in [0.25, 0.3) is 4.45 Å². The fraction of sp³-hybridized carbons (Fsp3) is 0.667. The minimum absolute atomic E-state index is 0.281. The van der Waals surface area contributed by atoms with Crippen LogP contribution in [-0.4, -0.2) is 15.5 Å². The molecule has 11 heteroatoms. The van der Waals surface area contributed by atoms with Gasteiger partial charge in [-0.05, 0) is 0 Å². The molecule has 0 aromatic carbocycles. The van der Waals surface area contributed by atoms with Crippen molar-refractivity contribution >= 4 is 47.6 Å². The van der Waals surface area contributed by atoms with Crippen molar-refractivity contribution in [1.82, 2.24) is 0 Å². The molecule has 0 saturated heterocycles. The van der Waals surface area contributed by atoms with Gasteiger partial charge in [0.1, 0.15) is 0 Å². The second kappa shape index (κ2) is 5.66. The summed E-state index contributed by atoms with van der Waals surface area (Å²) in [4.78, 5) is 10.4. The number of carbonyl (C=O) groups excluding carboxylic acids is 1. The van der Waals surface area contributed by atoms with Gasteiger partial charge in [0.05, 0.1) is 0 Å². The number of hydrogen-bond acceptors (Lipinski definition) is 5. The molecule has 0 rings (SSSR count). The van der Waals surface area contributed by atoms with Gasteiger partial charge < -0.3 is 0 Å². The maximum absolute atomic E-state index is 11.4. The number of hydrogen-bond donors (Lipinski definition) is 0. The summed E-state index contributed by atoms with van der Waals surface area (Å²) in [5, 5.41) is 0. The Hall–Kier alpha value is 0.650. The molecule has 0 heterocycles. The van der Waals surface area contributed by atoms with E-state index in [0.29, 0.717) is 0 Å². The van der Waals surface area contributed by atoms with Crippen molar-refractivity contribution in [3.8, 4) is 0 Å². The van der Waals surface area contributed by atoms with E-state index in [2.05, 4.69) is 0 Å². The molecular weight excluding hydrogens is 294 g/mol. The summed E-state index contributed by atoms with van der Waals surface area (Å²) in [7, 11) is -2.05. The first-order chi connectivity index (χ1) is 6.10. The fourth-order valence-corrected chi connectivity index (χ4v) is 3.20. The molecule has 0 unspecified atom stereocenters. The summed E-state index contributed by atoms with van der Waals surface area (Å²) < 4.78 is 67.4. The van der Waals surface area contributed by atoms with Crippen LogP contribution in [0.1, 0.15) is 0 Å². The first kappa shape index (κ1) is 14.6. The van der Waals surface area contributed by atoms with Crippen LogP contribution in [-0.2, 0) is 0 Å². The lowest BCUT2D eigenvalue weighted by Crippen LogP contribution is -1.99. The normalized spacial score (nSPS) is 13.0. The molecule has 0 atom stereocenters. The zero-order valence-corrected chi connectivity index (χ0v) is 9.08. The van der Waals surface area contributed by atoms with Crippen LogP contribution >= 0.6 is 43.2 Å². The van der Waals surface area contributed by atoms with Crippen molar-refractivity contribution in [2.45, 2.75) is 11.0 Å². The van der Waals surface area contributed by atoms with Crippen molar-refractivity contribution in [1.29, 1.82) is 0 Å². The van der Waals surface area contributed by atoms with E-state index in [1.165, 1.54) is 0 Å². The van der Waals surface area contributed by atoms with Gasteiger partial charge in [0, 0.05) is 43.2 Å². The Morgan fingerprint density at radius 1 is 0.786 bits per heavy atom. The zero-order chi connectivity index (χ0) is 11.4. The van der Waals surface area contributed by atoms with E-state index in [-0.39, 0.29) is 21.6 Å². The molecule has 0 aromatic rings. The second-order valence-electron chi connectivity index (χ2n) is 1.47. The van der Waals surface area contributed by atoms with Crippen LogP contribution in [0.4, 0.5) is 31.1 Å². The SMILES string of the molecule is O=C(SSC(F)(F)F)SSC(F)(F)F. The van der Waals surface area contributed by atoms with Gasteiger partial charge in [0.15, 0.2) is 0 Å². The van der Waals surface area contributed by atoms with Crippen LogP contribution in [0.5, 0.6) is 0 Å². The molecule has 0 spiro atoms. The third kappa shape index (κ3) is 10.7. The number of rotatable bonds is 2. The maximum Gasteiger partial charge on any atom is 0.452 e. The highest BCUT2D eigenvalue weighted by atomic mass is 33.1. The summed E-state index contributed by atoms with van der Waals surface area (Å²) in [6, 6.07) is 0. The van der Waals surface area contributed by atoms with Gasteiger partial charge in [-0.25, -0.2) is 0 Å². The van der Waals surface area contributed by atoms with Gasteiger partial charge in [-0.2, -0.15) is 26.3 Å². The standard InChI is InChI=1S/C3F6OS4/c4-2(5,6)13-11-1(10)12-14-3(7,8)9. The van der Waals surface area contributed by atoms with E-state index in [4.69, 9.17) is 0 Å². The smallest absolute Gasteiger partial charge is 0.273 e. The van der Waals surface area contributed by atoms with E-state index >= 15 is 0 Å². The molecule has 0 radical (unpaired) electrons. The molecule has 0 N–H and O–H groups in total. The van der Waals surface area contributed by atoms with E-state index in [1.807, 2.05) is 0 Å². The Bertz CT molecular complexity index is 178. The van der Waals surface area contributed by atoms with E-state index in [1.54, 1.807) is 0 Å². The van der Waals surface area contributed by atoms with E-state index in [0.717, 1.165) is 0 Å². The lowest BCUT2D eigenvalue weighted by molar-refractivity contribution is -0.0320. The predicted molar refractivity (Wildman–Crippen MR) is 47.9 cm³/mol. The van der Waals surface area contributed by atoms with E-state index < -0.39 is 37.1 Å². The maximum atomic E-state index is 11.4. The second-order valence-corrected chi connectivity index (χ2v) is 6.07. The fourth-order valence-electron chi connectivity index (χ4n) is 0.176. The van der Waals surface area contributed by atoms with Crippen LogP contribution in [0.25, 0.3) is 0 Å². The summed E-state index contributed by atoms with van der Waals surface area (Å²) >= 11 is 0. The molecule has 84 valence electrons. The highest BCUT2D eigenvalue weighted by Gasteiger charge is 2.33. The highest BCUT2D eigenvalue weighted by molar-refractivity contribution is 8.95. The summed E-state index contributed by atoms with van der Waals surface area (Å²) in [6.45, 7) is 0. The average Bonchev–Trinajstić information content (AvgIpc) is 1.94. The molecule has 14 heavy (non-hydrogen) atoms. The van der Waals surface area contributed by atoms with Crippen LogP contribution in [0.15, 0.2) is 0 Å². The third-order valence-corrected chi connectivity index (χ3v) is 4.90. The summed E-state index contributed by atoms with van der Waals surface area (Å²) in [6.07, 6.45) is 0. The summed E-state index contributed by atoms with van der Waals surface area (Å²) in [5.74, 6) is 0. The average molecular weight is 294 g/mol. The van der Waals surface area contributed by atoms with Gasteiger partial charge in [-0.1, -0.05) is 0 Å². The first-order valence-corrected chi connectivity index (χ1v) is 6.79. The van der Waals surface area contributed by atoms with Gasteiger partial charge >= 0.3 is 11.0 Å². The lowest BCUT2D eigenvalue weighted by atomic mass is 11.6. The van der Waals surface area contributed by atoms with Crippen LogP contribution < -0.4 is 0 Å². The monoisotopic (exact) mass is 294 g/mol. The molecular formula is C3F6OS4. The molecule has 0 aliphatic heterocycles. The molecule has 0 amide bonds. The molecule has 0 aliphatic carbocycles. The number of alkyl halides is 6. The molecule has 1 nitrogen and oxygen atoms in total. The van der Waals surface area contributed by atoms with Crippen molar-refractivity contribution in [2.75, 3.05) is 0 Å². The Morgan fingerprint density at radius 3 is 1.29 bits per heavy atom. The van der Waals surface area contributed by atoms with Gasteiger partial charge in [-0.15, -0.1) is 0 Å². The molecule has 0 fully saturated rings. The summed E-state index contributed by atoms with van der Waals surface area (Å²) in [5.41, 5.74) is -9.27. The number of halogens is 6. The van der Waals surface area contributed by atoms with Crippen LogP contribution in [0.3, 0.4) is 0 Å². The quantitative estimate of drug-likeness (QED) is 0.530. The first-order valence-electron chi connectivity index (χ1n) is 2.49. The largest absolute Gasteiger partial charge is 0.452 e. The van der Waals surface area contributed by atoms with Crippen LogP contribution in [0.2, 0.25) is 0 Å². The molecule has 0 aromatic heterocycles. The van der Waals surface area contributed by atoms with Gasteiger partial charge in [0.2, 0.25) is 0 Å². The Balaban J connectivity index is 3.68. The minimum atomic E-state index is -4.64. The predicted octanol–water partition coefficient (Wildman–Crippen LogP) is 4.91. The highest BCUT2D eigenvalue weighted by Crippen LogP contribution is 2.47. The Morgan fingerprint density at radius 2 is 1.07 bits per heavy atom. The zero-order valence-electron chi connectivity index (χ0n) is 5.81. The van der Waals surface area contributed by atoms with Gasteiger partial charge in [-0.3, -0.25) is 4.79 Å². The lowest BCUT2D eigenvalue weighted by Gasteiger charge is -2.04. The molecule has 0 saturated carbocycles. The Labute approximate surface area is 89.9 Å². The third-order valence-electron chi connectivity index (χ3n) is 0.408. The topological polar surface area (TPSA) is 17.1 Å². The van der Waals surface area contributed by atoms with E-state index in [9.17, 15) is 31.1 Å². The van der Waals surface area contributed by atoms with Crippen molar-refractivity contribution in [2.24, 2.45) is 0 Å². The number of carbonyl (C=O) groups is 1. The van der Waals surface area contributed by atoms with Crippen molar-refractivity contribution in [3.05, 3.63) is 0 Å². The van der Waals surface area contributed by atoms with Crippen molar-refractivity contribution in [3.63, 3.8) is 0 Å². The van der Waals surface area contributed by atoms with Crippen molar-refractivity contribution < 1.29 is 31.1 Å². The minimum Gasteiger partial charge on any atom is -0.273 e. The van der Waals surface area contributed by atoms with Crippen LogP contribution in [0, 0.1) is 0 Å². The molecule has 0 aliphatic rings.